The van der Waals surface area contributed by atoms with Gasteiger partial charge in [-0.25, -0.2) is 23.6 Å². The lowest BCUT2D eigenvalue weighted by Gasteiger charge is -2.09. The number of aromatic carboxylic acids is 4. The van der Waals surface area contributed by atoms with Gasteiger partial charge in [-0.05, 0) is 220 Å². The predicted molar refractivity (Wildman–Crippen MR) is 367 cm³/mol. The van der Waals surface area contributed by atoms with E-state index < -0.39 is 23.9 Å². The summed E-state index contributed by atoms with van der Waals surface area (Å²) in [5.74, 6) is -2.20. The van der Waals surface area contributed by atoms with Crippen LogP contribution in [0.4, 0.5) is 4.39 Å². The van der Waals surface area contributed by atoms with E-state index >= 15 is 0 Å². The third kappa shape index (κ3) is 16.2. The monoisotopic (exact) mass is 1260 g/mol. The van der Waals surface area contributed by atoms with Crippen molar-refractivity contribution in [2.24, 2.45) is 0 Å². The minimum absolute atomic E-state index is 0.254. The zero-order chi connectivity index (χ0) is 66.5. The lowest BCUT2D eigenvalue weighted by molar-refractivity contribution is 0.0686. The number of hydrogen-bond donors (Lipinski definition) is 4. The number of nitrogens with zero attached hydrogens (tertiary/aromatic N) is 4. The van der Waals surface area contributed by atoms with Crippen molar-refractivity contribution in [3.63, 3.8) is 0 Å². The maximum atomic E-state index is 13.4. The Morgan fingerprint density at radius 1 is 0.411 bits per heavy atom. The van der Waals surface area contributed by atoms with E-state index in [1.165, 1.54) is 28.8 Å². The molecule has 0 spiro atoms. The Labute approximate surface area is 548 Å². The van der Waals surface area contributed by atoms with Crippen LogP contribution in [0.3, 0.4) is 0 Å². The second kappa shape index (κ2) is 29.2. The lowest BCUT2D eigenvalue weighted by Crippen LogP contribution is -1.96. The van der Waals surface area contributed by atoms with Crippen molar-refractivity contribution in [2.75, 3.05) is 6.61 Å². The third-order valence-corrected chi connectivity index (χ3v) is 15.9. The Morgan fingerprint density at radius 3 is 1.43 bits per heavy atom. The molecule has 15 heteroatoms. The molecule has 14 rings (SSSR count). The molecule has 472 valence electrons. The number of aromatic nitrogens is 4. The topological polar surface area (TPSA) is 187 Å². The molecule has 1 aliphatic rings. The van der Waals surface area contributed by atoms with Gasteiger partial charge in [0, 0.05) is 79.1 Å². The average Bonchev–Trinajstić information content (AvgIpc) is 1.95. The largest absolute Gasteiger partial charge is 0.493 e. The number of carboxylic acid groups (broad SMARTS) is 4. The lowest BCUT2D eigenvalue weighted by atomic mass is 10.1. The molecule has 0 bridgehead atoms. The molecular weight excluding hydrogens is 1200 g/mol. The SMILES string of the molecule is Cc1cc(C)cc(-n2ccc(-c3cccc(C(=O)O)c3)c2)c1.Cc1ccc(F)cc1-n1ccc(-c2ccc(C(=O)O)cc2)c1.O=C(O)c1cccc(-c2ccn(-c3ccc4c(c3)CCO4)c2)c1.O=C(O)c1cccc(-c2ccn(-c3cccc(OCc4ccccc4)c3)c2)c1. The molecule has 95 heavy (non-hydrogen) atoms. The fourth-order valence-electron chi connectivity index (χ4n) is 11.0. The Bertz CT molecular complexity index is 4880. The van der Waals surface area contributed by atoms with E-state index in [0.717, 1.165) is 103 Å². The van der Waals surface area contributed by atoms with Crippen molar-refractivity contribution < 1.29 is 53.5 Å². The molecule has 0 amide bonds. The number of hydrogen-bond acceptors (Lipinski definition) is 6. The molecule has 0 aliphatic carbocycles. The Kier molecular flexibility index (Phi) is 19.7. The van der Waals surface area contributed by atoms with Crippen LogP contribution in [0.5, 0.6) is 11.5 Å². The third-order valence-electron chi connectivity index (χ3n) is 15.9. The Morgan fingerprint density at radius 2 is 0.895 bits per heavy atom. The smallest absolute Gasteiger partial charge is 0.335 e. The zero-order valence-corrected chi connectivity index (χ0v) is 52.1. The van der Waals surface area contributed by atoms with Crippen LogP contribution >= 0.6 is 0 Å². The van der Waals surface area contributed by atoms with Crippen molar-refractivity contribution >= 4 is 23.9 Å². The summed E-state index contributed by atoms with van der Waals surface area (Å²) in [6.45, 7) is 7.35. The minimum Gasteiger partial charge on any atom is -0.493 e. The first-order chi connectivity index (χ1) is 46.0. The van der Waals surface area contributed by atoms with Crippen LogP contribution in [-0.2, 0) is 13.0 Å². The van der Waals surface area contributed by atoms with Gasteiger partial charge in [-0.1, -0.05) is 97.1 Å². The molecule has 14 nitrogen and oxygen atoms in total. The summed E-state index contributed by atoms with van der Waals surface area (Å²) in [4.78, 5) is 44.2. The molecule has 0 saturated carbocycles. The van der Waals surface area contributed by atoms with Gasteiger partial charge in [0.2, 0.25) is 0 Å². The van der Waals surface area contributed by atoms with Crippen LogP contribution in [0.25, 0.3) is 67.3 Å². The van der Waals surface area contributed by atoms with Crippen LogP contribution in [0.1, 0.15) is 69.2 Å². The average molecular weight is 1260 g/mol. The molecule has 13 aromatic rings. The first kappa shape index (κ1) is 64.1. The summed E-state index contributed by atoms with van der Waals surface area (Å²) in [5, 5.41) is 36.3. The van der Waals surface area contributed by atoms with Crippen molar-refractivity contribution in [3.8, 4) is 78.8 Å². The van der Waals surface area contributed by atoms with Crippen molar-refractivity contribution in [1.29, 1.82) is 0 Å². The number of carboxylic acids is 4. The number of benzene rings is 9. The summed E-state index contributed by atoms with van der Waals surface area (Å²) >= 11 is 0. The maximum Gasteiger partial charge on any atom is 0.335 e. The number of aryl methyl sites for hydroxylation is 3. The summed E-state index contributed by atoms with van der Waals surface area (Å²) in [6, 6.07) is 70.7. The van der Waals surface area contributed by atoms with E-state index in [1.54, 1.807) is 84.9 Å². The van der Waals surface area contributed by atoms with Gasteiger partial charge in [-0.2, -0.15) is 0 Å². The molecule has 1 aliphatic heterocycles. The molecule has 0 fully saturated rings. The van der Waals surface area contributed by atoms with Gasteiger partial charge >= 0.3 is 23.9 Å². The van der Waals surface area contributed by atoms with Gasteiger partial charge in [0.1, 0.15) is 23.9 Å². The van der Waals surface area contributed by atoms with E-state index in [4.69, 9.17) is 24.8 Å². The number of rotatable bonds is 15. The van der Waals surface area contributed by atoms with Crippen molar-refractivity contribution in [1.82, 2.24) is 18.3 Å². The van der Waals surface area contributed by atoms with E-state index in [9.17, 15) is 28.7 Å². The summed E-state index contributed by atoms with van der Waals surface area (Å²) in [7, 11) is 0. The molecule has 0 saturated heterocycles. The zero-order valence-electron chi connectivity index (χ0n) is 52.1. The van der Waals surface area contributed by atoms with Crippen molar-refractivity contribution in [3.05, 3.63) is 336 Å². The first-order valence-corrected chi connectivity index (χ1v) is 30.4. The summed E-state index contributed by atoms with van der Waals surface area (Å²) < 4.78 is 32.8. The molecule has 0 radical (unpaired) electrons. The fourth-order valence-corrected chi connectivity index (χ4v) is 11.0. The Hall–Kier alpha value is -12.5. The van der Waals surface area contributed by atoms with E-state index in [-0.39, 0.29) is 16.9 Å². The molecule has 5 heterocycles. The van der Waals surface area contributed by atoms with E-state index in [0.29, 0.717) is 17.7 Å². The molecule has 4 N–H and O–H groups in total. The predicted octanol–water partition coefficient (Wildman–Crippen LogP) is 17.9. The first-order valence-electron chi connectivity index (χ1n) is 30.4. The summed E-state index contributed by atoms with van der Waals surface area (Å²) in [6.07, 6.45) is 16.7. The van der Waals surface area contributed by atoms with Crippen LogP contribution in [0, 0.1) is 26.6 Å². The van der Waals surface area contributed by atoms with Gasteiger partial charge in [0.05, 0.1) is 34.5 Å². The second-order valence-corrected chi connectivity index (χ2v) is 22.7. The highest BCUT2D eigenvalue weighted by molar-refractivity contribution is 5.91. The molecule has 9 aromatic carbocycles. The highest BCUT2D eigenvalue weighted by atomic mass is 19.1. The number of carbonyl (C=O) groups is 4. The van der Waals surface area contributed by atoms with E-state index in [1.807, 2.05) is 179 Å². The summed E-state index contributed by atoms with van der Waals surface area (Å²) in [5.41, 5.74) is 18.3. The number of ether oxygens (including phenoxy) is 2. The molecule has 0 atom stereocenters. The van der Waals surface area contributed by atoms with Crippen LogP contribution in [0.2, 0.25) is 0 Å². The van der Waals surface area contributed by atoms with Gasteiger partial charge in [0.25, 0.3) is 0 Å². The van der Waals surface area contributed by atoms with Crippen LogP contribution < -0.4 is 9.47 Å². The van der Waals surface area contributed by atoms with Gasteiger partial charge in [-0.15, -0.1) is 0 Å². The quantitative estimate of drug-likeness (QED) is 0.0769. The Balaban J connectivity index is 0.000000130. The maximum absolute atomic E-state index is 13.4. The van der Waals surface area contributed by atoms with Crippen LogP contribution in [0.15, 0.2) is 280 Å². The van der Waals surface area contributed by atoms with E-state index in [2.05, 4.69) is 42.7 Å². The highest BCUT2D eigenvalue weighted by Crippen LogP contribution is 2.31. The highest BCUT2D eigenvalue weighted by Gasteiger charge is 2.15. The van der Waals surface area contributed by atoms with Crippen molar-refractivity contribution in [2.45, 2.75) is 33.8 Å². The molecular formula is C80H65FN4O10. The molecule has 0 unspecified atom stereocenters. The normalized spacial score (nSPS) is 11.1. The fraction of sp³-hybridized carbons (Fsp3) is 0.0750. The van der Waals surface area contributed by atoms with Gasteiger partial charge in [-0.3, -0.25) is 0 Å². The van der Waals surface area contributed by atoms with Gasteiger partial charge < -0.3 is 48.2 Å². The van der Waals surface area contributed by atoms with Gasteiger partial charge in [0.15, 0.2) is 0 Å². The standard InChI is InChI=1S/C24H19NO3.C19H15NO3.C19H17NO2.C18H14FNO2/c26-24(27)20-9-4-8-19(14-20)21-12-13-25(16-21)22-10-5-11-23(15-22)28-17-18-6-2-1-3-7-18;21-19(22)15-3-1-2-13(10-15)16-6-8-20(12-16)17-4-5-18-14(11-17)7-9-23-18;1-13-8-14(2)10-18(9-13)20-7-6-17(12-20)15-4-3-5-16(11-15)19(21)22;1-12-2-7-16(19)10-17(12)20-9-8-15(11-20)13-3-5-14(6-4-13)18(21)22/h1-16H,17H2,(H,26,27);1-6,8,10-12H,7,9H2,(H,21,22);3-12H,1-2H3,(H,21,22);2-11H,1H3,(H,21,22). The molecule has 4 aromatic heterocycles. The minimum atomic E-state index is -0.945. The van der Waals surface area contributed by atoms with Crippen LogP contribution in [-0.4, -0.2) is 69.2 Å². The second-order valence-electron chi connectivity index (χ2n) is 22.7. The number of fused-ring (bicyclic) bond motifs is 1. The number of halogens is 1.